The molecule has 0 radical (unpaired) electrons. The highest BCUT2D eigenvalue weighted by Gasteiger charge is 2.37. The van der Waals surface area contributed by atoms with Crippen LogP contribution in [0.5, 0.6) is 0 Å². The first-order valence-electron chi connectivity index (χ1n) is 9.10. The minimum Gasteiger partial charge on any atom is -0.448 e. The van der Waals surface area contributed by atoms with Crippen LogP contribution in [0.2, 0.25) is 0 Å². The van der Waals surface area contributed by atoms with Gasteiger partial charge in [-0.05, 0) is 25.7 Å². The zero-order chi connectivity index (χ0) is 16.2. The van der Waals surface area contributed by atoms with Gasteiger partial charge in [0.05, 0.1) is 0 Å². The van der Waals surface area contributed by atoms with Gasteiger partial charge in [0.2, 0.25) is 0 Å². The van der Waals surface area contributed by atoms with Crippen LogP contribution in [-0.4, -0.2) is 24.1 Å². The molecule has 0 spiro atoms. The van der Waals surface area contributed by atoms with Crippen molar-refractivity contribution in [3.8, 4) is 0 Å². The number of rotatable bonds is 12. The molecule has 0 saturated carbocycles. The van der Waals surface area contributed by atoms with Gasteiger partial charge in [-0.25, -0.2) is 9.59 Å². The normalized spacial score (nSPS) is 21.5. The maximum atomic E-state index is 11.9. The summed E-state index contributed by atoms with van der Waals surface area (Å²) in [7, 11) is 0. The minimum absolute atomic E-state index is 0.353. The molecule has 2 unspecified atom stereocenters. The van der Waals surface area contributed by atoms with E-state index in [1.165, 1.54) is 38.5 Å². The predicted molar refractivity (Wildman–Crippen MR) is 86.5 cm³/mol. The number of hydrogen-bond acceptors (Lipinski definition) is 4. The standard InChI is InChI=1S/C18H32O4/c1-3-5-7-9-11-13-15-17(19)22-16(18(20)21-15)14-12-10-8-6-4-2/h15-16H,3-14H2,1-2H3. The van der Waals surface area contributed by atoms with Gasteiger partial charge in [0.1, 0.15) is 0 Å². The van der Waals surface area contributed by atoms with E-state index in [0.717, 1.165) is 25.7 Å². The molecule has 0 aliphatic carbocycles. The summed E-state index contributed by atoms with van der Waals surface area (Å²) >= 11 is 0. The Morgan fingerprint density at radius 2 is 1.00 bits per heavy atom. The number of unbranched alkanes of at least 4 members (excludes halogenated alkanes) is 8. The fourth-order valence-corrected chi connectivity index (χ4v) is 2.75. The molecule has 128 valence electrons. The molecular weight excluding hydrogens is 280 g/mol. The maximum absolute atomic E-state index is 11.9. The summed E-state index contributed by atoms with van der Waals surface area (Å²) < 4.78 is 10.6. The smallest absolute Gasteiger partial charge is 0.348 e. The summed E-state index contributed by atoms with van der Waals surface area (Å²) in [5.41, 5.74) is 0. The highest BCUT2D eigenvalue weighted by molar-refractivity contribution is 5.87. The van der Waals surface area contributed by atoms with Gasteiger partial charge in [-0.15, -0.1) is 0 Å². The van der Waals surface area contributed by atoms with Crippen molar-refractivity contribution in [1.82, 2.24) is 0 Å². The van der Waals surface area contributed by atoms with Crippen molar-refractivity contribution < 1.29 is 19.1 Å². The molecule has 22 heavy (non-hydrogen) atoms. The highest BCUT2D eigenvalue weighted by atomic mass is 16.6. The summed E-state index contributed by atoms with van der Waals surface area (Å²) in [6, 6.07) is 0. The Bertz CT molecular complexity index is 295. The van der Waals surface area contributed by atoms with E-state index in [1.807, 2.05) is 0 Å². The number of esters is 2. The SMILES string of the molecule is CCCCCCCC1OC(=O)C(CCCCCCC)OC1=O. The Labute approximate surface area is 134 Å². The molecule has 4 heteroatoms. The zero-order valence-electron chi connectivity index (χ0n) is 14.3. The first-order chi connectivity index (χ1) is 10.7. The molecule has 0 N–H and O–H groups in total. The van der Waals surface area contributed by atoms with Crippen LogP contribution in [0, 0.1) is 0 Å². The summed E-state index contributed by atoms with van der Waals surface area (Å²) in [6.07, 6.45) is 11.0. The predicted octanol–water partition coefficient (Wildman–Crippen LogP) is 4.54. The van der Waals surface area contributed by atoms with Gasteiger partial charge < -0.3 is 9.47 Å². The number of ether oxygens (including phenoxy) is 2. The Morgan fingerprint density at radius 3 is 1.36 bits per heavy atom. The average molecular weight is 312 g/mol. The summed E-state index contributed by atoms with van der Waals surface area (Å²) in [4.78, 5) is 23.8. The number of cyclic esters (lactones) is 2. The molecule has 1 fully saturated rings. The Kier molecular flexibility index (Phi) is 9.93. The van der Waals surface area contributed by atoms with E-state index in [9.17, 15) is 9.59 Å². The molecule has 0 bridgehead atoms. The van der Waals surface area contributed by atoms with Gasteiger partial charge in [-0.2, -0.15) is 0 Å². The van der Waals surface area contributed by atoms with Gasteiger partial charge in [-0.3, -0.25) is 0 Å². The lowest BCUT2D eigenvalue weighted by atomic mass is 10.1. The Balaban J connectivity index is 2.20. The fraction of sp³-hybridized carbons (Fsp3) is 0.889. The molecule has 0 aromatic carbocycles. The first kappa shape index (κ1) is 19.0. The Morgan fingerprint density at radius 1 is 0.636 bits per heavy atom. The van der Waals surface area contributed by atoms with Crippen molar-refractivity contribution in [1.29, 1.82) is 0 Å². The molecule has 1 saturated heterocycles. The van der Waals surface area contributed by atoms with E-state index in [4.69, 9.17) is 9.47 Å². The molecule has 0 aromatic rings. The van der Waals surface area contributed by atoms with Gasteiger partial charge in [-0.1, -0.05) is 65.2 Å². The summed E-state index contributed by atoms with van der Waals surface area (Å²) in [5.74, 6) is -0.706. The van der Waals surface area contributed by atoms with Crippen molar-refractivity contribution in [2.45, 2.75) is 103 Å². The van der Waals surface area contributed by atoms with Gasteiger partial charge >= 0.3 is 11.9 Å². The van der Waals surface area contributed by atoms with Crippen LogP contribution < -0.4 is 0 Å². The first-order valence-corrected chi connectivity index (χ1v) is 9.10. The second kappa shape index (κ2) is 11.5. The van der Waals surface area contributed by atoms with Crippen LogP contribution in [0.25, 0.3) is 0 Å². The van der Waals surface area contributed by atoms with Gasteiger partial charge in [0.15, 0.2) is 12.2 Å². The Hall–Kier alpha value is -1.06. The van der Waals surface area contributed by atoms with Crippen molar-refractivity contribution in [3.05, 3.63) is 0 Å². The summed E-state index contributed by atoms with van der Waals surface area (Å²) in [5, 5.41) is 0. The second-order valence-electron chi connectivity index (χ2n) is 6.26. The number of hydrogen-bond donors (Lipinski definition) is 0. The van der Waals surface area contributed by atoms with Gasteiger partial charge in [0.25, 0.3) is 0 Å². The molecule has 1 rings (SSSR count). The topological polar surface area (TPSA) is 52.6 Å². The van der Waals surface area contributed by atoms with Crippen LogP contribution in [0.4, 0.5) is 0 Å². The molecular formula is C18H32O4. The monoisotopic (exact) mass is 312 g/mol. The van der Waals surface area contributed by atoms with Crippen LogP contribution in [0.3, 0.4) is 0 Å². The summed E-state index contributed by atoms with van der Waals surface area (Å²) in [6.45, 7) is 4.34. The largest absolute Gasteiger partial charge is 0.448 e. The molecule has 1 heterocycles. The lowest BCUT2D eigenvalue weighted by molar-refractivity contribution is -0.196. The lowest BCUT2D eigenvalue weighted by Crippen LogP contribution is -2.43. The third-order valence-electron chi connectivity index (χ3n) is 4.18. The molecule has 1 aliphatic rings. The van der Waals surface area contributed by atoms with Crippen molar-refractivity contribution >= 4 is 11.9 Å². The minimum atomic E-state index is -0.675. The van der Waals surface area contributed by atoms with Crippen LogP contribution >= 0.6 is 0 Å². The fourth-order valence-electron chi connectivity index (χ4n) is 2.75. The second-order valence-corrected chi connectivity index (χ2v) is 6.26. The average Bonchev–Trinajstić information content (AvgIpc) is 2.51. The maximum Gasteiger partial charge on any atom is 0.348 e. The molecule has 0 aromatic heterocycles. The molecule has 2 atom stereocenters. The number of carbonyl (C=O) groups excluding carboxylic acids is 2. The third-order valence-corrected chi connectivity index (χ3v) is 4.18. The quantitative estimate of drug-likeness (QED) is 0.392. The van der Waals surface area contributed by atoms with Crippen LogP contribution in [0.1, 0.15) is 90.9 Å². The lowest BCUT2D eigenvalue weighted by Gasteiger charge is -2.27. The van der Waals surface area contributed by atoms with Crippen molar-refractivity contribution in [2.75, 3.05) is 0 Å². The third kappa shape index (κ3) is 7.28. The van der Waals surface area contributed by atoms with E-state index in [2.05, 4.69) is 13.8 Å². The zero-order valence-corrected chi connectivity index (χ0v) is 14.3. The van der Waals surface area contributed by atoms with E-state index in [0.29, 0.717) is 12.8 Å². The van der Waals surface area contributed by atoms with Crippen LogP contribution in [-0.2, 0) is 19.1 Å². The number of carbonyl (C=O) groups is 2. The van der Waals surface area contributed by atoms with Crippen LogP contribution in [0.15, 0.2) is 0 Å². The van der Waals surface area contributed by atoms with Crippen molar-refractivity contribution in [3.63, 3.8) is 0 Å². The van der Waals surface area contributed by atoms with E-state index in [1.54, 1.807) is 0 Å². The van der Waals surface area contributed by atoms with E-state index in [-0.39, 0.29) is 11.9 Å². The van der Waals surface area contributed by atoms with Crippen molar-refractivity contribution in [2.24, 2.45) is 0 Å². The molecule has 4 nitrogen and oxygen atoms in total. The van der Waals surface area contributed by atoms with E-state index < -0.39 is 12.2 Å². The molecule has 1 aliphatic heterocycles. The highest BCUT2D eigenvalue weighted by Crippen LogP contribution is 2.20. The van der Waals surface area contributed by atoms with E-state index >= 15 is 0 Å². The molecule has 0 amide bonds. The van der Waals surface area contributed by atoms with Gasteiger partial charge in [0, 0.05) is 0 Å².